The van der Waals surface area contributed by atoms with Gasteiger partial charge in [0.25, 0.3) is 0 Å². The van der Waals surface area contributed by atoms with Crippen molar-refractivity contribution in [2.24, 2.45) is 16.8 Å². The van der Waals surface area contributed by atoms with E-state index in [1.807, 2.05) is 12.1 Å². The molecule has 0 radical (unpaired) electrons. The number of hydrogen-bond donors (Lipinski definition) is 2. The van der Waals surface area contributed by atoms with Crippen molar-refractivity contribution in [1.82, 2.24) is 0 Å². The summed E-state index contributed by atoms with van der Waals surface area (Å²) in [5.74, 6) is 0.897. The average molecular weight is 282 g/mol. The van der Waals surface area contributed by atoms with Gasteiger partial charge >= 0.3 is 0 Å². The van der Waals surface area contributed by atoms with E-state index >= 15 is 0 Å². The third kappa shape index (κ3) is 3.53. The lowest BCUT2D eigenvalue weighted by molar-refractivity contribution is 0.318. The Balaban J connectivity index is 2.34. The molecule has 0 bridgehead atoms. The standard InChI is InChI=1S/C14H20ClN3O/c1-2-7-18(9-10-3-4-10)13-8-11(15)5-6-12(13)14(16)17-19/h5-6,8,10,19H,2-4,7,9H2,1H3,(H2,16,17). The maximum atomic E-state index is 8.90. The minimum Gasteiger partial charge on any atom is -0.409 e. The van der Waals surface area contributed by atoms with Crippen molar-refractivity contribution >= 4 is 23.1 Å². The first-order valence-corrected chi connectivity index (χ1v) is 7.06. The first-order chi connectivity index (χ1) is 9.15. The molecular weight excluding hydrogens is 262 g/mol. The second-order valence-corrected chi connectivity index (χ2v) is 5.47. The Morgan fingerprint density at radius 2 is 2.26 bits per heavy atom. The first-order valence-electron chi connectivity index (χ1n) is 6.68. The Morgan fingerprint density at radius 1 is 1.53 bits per heavy atom. The topological polar surface area (TPSA) is 61.8 Å². The summed E-state index contributed by atoms with van der Waals surface area (Å²) in [7, 11) is 0. The zero-order valence-electron chi connectivity index (χ0n) is 11.1. The smallest absolute Gasteiger partial charge is 0.172 e. The molecule has 0 aromatic heterocycles. The highest BCUT2D eigenvalue weighted by Crippen LogP contribution is 2.33. The van der Waals surface area contributed by atoms with Crippen LogP contribution in [-0.2, 0) is 0 Å². The van der Waals surface area contributed by atoms with Gasteiger partial charge in [0.15, 0.2) is 5.84 Å². The molecular formula is C14H20ClN3O. The van der Waals surface area contributed by atoms with E-state index in [0.717, 1.165) is 36.7 Å². The minimum atomic E-state index is 0.128. The zero-order chi connectivity index (χ0) is 13.8. The molecule has 0 saturated heterocycles. The van der Waals surface area contributed by atoms with Crippen molar-refractivity contribution in [2.45, 2.75) is 26.2 Å². The molecule has 19 heavy (non-hydrogen) atoms. The fraction of sp³-hybridized carbons (Fsp3) is 0.500. The Kier molecular flexibility index (Phi) is 4.53. The minimum absolute atomic E-state index is 0.128. The first kappa shape index (κ1) is 14.0. The molecule has 1 fully saturated rings. The molecule has 4 nitrogen and oxygen atoms in total. The van der Waals surface area contributed by atoms with Gasteiger partial charge in [0, 0.05) is 29.4 Å². The molecule has 0 atom stereocenters. The highest BCUT2D eigenvalue weighted by atomic mass is 35.5. The number of rotatable bonds is 6. The molecule has 3 N–H and O–H groups in total. The number of nitrogens with zero attached hydrogens (tertiary/aromatic N) is 2. The number of oxime groups is 1. The number of halogens is 1. The summed E-state index contributed by atoms with van der Waals surface area (Å²) in [6.45, 7) is 4.11. The van der Waals surface area contributed by atoms with E-state index in [9.17, 15) is 0 Å². The molecule has 0 unspecified atom stereocenters. The predicted molar refractivity (Wildman–Crippen MR) is 79.2 cm³/mol. The van der Waals surface area contributed by atoms with Crippen LogP contribution in [0.4, 0.5) is 5.69 Å². The SMILES string of the molecule is CCCN(CC1CC1)c1cc(Cl)ccc1C(N)=NO. The fourth-order valence-corrected chi connectivity index (χ4v) is 2.40. The highest BCUT2D eigenvalue weighted by molar-refractivity contribution is 6.31. The van der Waals surface area contributed by atoms with Crippen molar-refractivity contribution in [1.29, 1.82) is 0 Å². The largest absolute Gasteiger partial charge is 0.409 e. The lowest BCUT2D eigenvalue weighted by Crippen LogP contribution is -2.29. The molecule has 104 valence electrons. The van der Waals surface area contributed by atoms with Crippen LogP contribution in [0, 0.1) is 5.92 Å². The van der Waals surface area contributed by atoms with Gasteiger partial charge < -0.3 is 15.8 Å². The Morgan fingerprint density at radius 3 is 2.84 bits per heavy atom. The van der Waals surface area contributed by atoms with Crippen LogP contribution in [-0.4, -0.2) is 24.1 Å². The summed E-state index contributed by atoms with van der Waals surface area (Å²) in [5.41, 5.74) is 7.45. The van der Waals surface area contributed by atoms with Crippen molar-refractivity contribution in [3.8, 4) is 0 Å². The molecule has 2 rings (SSSR count). The summed E-state index contributed by atoms with van der Waals surface area (Å²) in [6, 6.07) is 5.47. The van der Waals surface area contributed by atoms with Gasteiger partial charge in [-0.3, -0.25) is 0 Å². The second-order valence-electron chi connectivity index (χ2n) is 5.04. The van der Waals surface area contributed by atoms with Gasteiger partial charge in [0.2, 0.25) is 0 Å². The van der Waals surface area contributed by atoms with Gasteiger partial charge in [-0.05, 0) is 43.4 Å². The van der Waals surface area contributed by atoms with Crippen molar-refractivity contribution in [3.05, 3.63) is 28.8 Å². The molecule has 0 aliphatic heterocycles. The number of anilines is 1. The Hall–Kier alpha value is -1.42. The van der Waals surface area contributed by atoms with Crippen LogP contribution >= 0.6 is 11.6 Å². The summed E-state index contributed by atoms with van der Waals surface area (Å²) < 4.78 is 0. The molecule has 1 aliphatic rings. The van der Waals surface area contributed by atoms with Crippen LogP contribution in [0.5, 0.6) is 0 Å². The highest BCUT2D eigenvalue weighted by Gasteiger charge is 2.25. The molecule has 5 heteroatoms. The summed E-state index contributed by atoms with van der Waals surface area (Å²) in [6.07, 6.45) is 3.63. The number of hydrogen-bond acceptors (Lipinski definition) is 3. The number of benzene rings is 1. The van der Waals surface area contributed by atoms with E-state index in [-0.39, 0.29) is 5.84 Å². The molecule has 1 aliphatic carbocycles. The molecule has 1 saturated carbocycles. The van der Waals surface area contributed by atoms with Crippen LogP contribution in [0.3, 0.4) is 0 Å². The second kappa shape index (κ2) is 6.15. The van der Waals surface area contributed by atoms with E-state index in [1.54, 1.807) is 6.07 Å². The summed E-state index contributed by atoms with van der Waals surface area (Å²) in [5, 5.41) is 12.7. The number of nitrogens with two attached hydrogens (primary N) is 1. The van der Waals surface area contributed by atoms with Gasteiger partial charge in [-0.15, -0.1) is 0 Å². The number of amidine groups is 1. The van der Waals surface area contributed by atoms with E-state index in [2.05, 4.69) is 17.0 Å². The van der Waals surface area contributed by atoms with Gasteiger partial charge in [-0.1, -0.05) is 23.7 Å². The van der Waals surface area contributed by atoms with Crippen molar-refractivity contribution < 1.29 is 5.21 Å². The molecule has 1 aromatic carbocycles. The van der Waals surface area contributed by atoms with E-state index in [1.165, 1.54) is 12.8 Å². The Labute approximate surface area is 118 Å². The zero-order valence-corrected chi connectivity index (χ0v) is 11.9. The predicted octanol–water partition coefficient (Wildman–Crippen LogP) is 3.06. The Bertz CT molecular complexity index is 472. The summed E-state index contributed by atoms with van der Waals surface area (Å²) in [4.78, 5) is 2.29. The third-order valence-corrected chi connectivity index (χ3v) is 3.59. The maximum Gasteiger partial charge on any atom is 0.172 e. The van der Waals surface area contributed by atoms with Gasteiger partial charge in [-0.2, -0.15) is 0 Å². The van der Waals surface area contributed by atoms with Gasteiger partial charge in [0.05, 0.1) is 0 Å². The van der Waals surface area contributed by atoms with E-state index in [0.29, 0.717) is 5.02 Å². The quantitative estimate of drug-likeness (QED) is 0.365. The molecule has 0 amide bonds. The summed E-state index contributed by atoms with van der Waals surface area (Å²) >= 11 is 6.09. The van der Waals surface area contributed by atoms with E-state index in [4.69, 9.17) is 22.5 Å². The fourth-order valence-electron chi connectivity index (χ4n) is 2.23. The average Bonchev–Trinajstić information content (AvgIpc) is 3.21. The molecule has 1 aromatic rings. The van der Waals surface area contributed by atoms with Crippen LogP contribution in [0.15, 0.2) is 23.4 Å². The lowest BCUT2D eigenvalue weighted by atomic mass is 10.1. The van der Waals surface area contributed by atoms with Crippen LogP contribution < -0.4 is 10.6 Å². The molecule has 0 heterocycles. The maximum absolute atomic E-state index is 8.90. The van der Waals surface area contributed by atoms with Crippen molar-refractivity contribution in [3.63, 3.8) is 0 Å². The van der Waals surface area contributed by atoms with Gasteiger partial charge in [-0.25, -0.2) is 0 Å². The van der Waals surface area contributed by atoms with Gasteiger partial charge in [0.1, 0.15) is 0 Å². The van der Waals surface area contributed by atoms with Crippen LogP contribution in [0.1, 0.15) is 31.7 Å². The lowest BCUT2D eigenvalue weighted by Gasteiger charge is -2.26. The van der Waals surface area contributed by atoms with Crippen LogP contribution in [0.25, 0.3) is 0 Å². The van der Waals surface area contributed by atoms with Crippen molar-refractivity contribution in [2.75, 3.05) is 18.0 Å². The molecule has 0 spiro atoms. The monoisotopic (exact) mass is 281 g/mol. The third-order valence-electron chi connectivity index (χ3n) is 3.35. The van der Waals surface area contributed by atoms with Crippen LogP contribution in [0.2, 0.25) is 5.02 Å². The normalized spacial score (nSPS) is 15.6. The van der Waals surface area contributed by atoms with E-state index < -0.39 is 0 Å².